The second-order valence-corrected chi connectivity index (χ2v) is 5.09. The van der Waals surface area contributed by atoms with Gasteiger partial charge in [0.15, 0.2) is 23.0 Å². The number of phenols is 3. The SMILES string of the molecule is COc1ccc(-c2ccc3cc(O)c(O)cc3c2O)cc1OC. The Balaban J connectivity index is 2.20. The van der Waals surface area contributed by atoms with Crippen LogP contribution < -0.4 is 9.47 Å². The summed E-state index contributed by atoms with van der Waals surface area (Å²) in [6.07, 6.45) is 0. The number of phenolic OH excluding ortho intramolecular Hbond substituents is 3. The fraction of sp³-hybridized carbons (Fsp3) is 0.111. The van der Waals surface area contributed by atoms with E-state index in [0.29, 0.717) is 27.8 Å². The van der Waals surface area contributed by atoms with Crippen molar-refractivity contribution in [1.82, 2.24) is 0 Å². The van der Waals surface area contributed by atoms with Gasteiger partial charge in [-0.1, -0.05) is 18.2 Å². The Hall–Kier alpha value is -3.08. The minimum atomic E-state index is -0.280. The van der Waals surface area contributed by atoms with Crippen LogP contribution >= 0.6 is 0 Å². The molecule has 3 N–H and O–H groups in total. The molecule has 23 heavy (non-hydrogen) atoms. The van der Waals surface area contributed by atoms with Crippen molar-refractivity contribution in [3.05, 3.63) is 42.5 Å². The monoisotopic (exact) mass is 312 g/mol. The summed E-state index contributed by atoms with van der Waals surface area (Å²) in [6, 6.07) is 11.6. The number of fused-ring (bicyclic) bond motifs is 1. The summed E-state index contributed by atoms with van der Waals surface area (Å²) >= 11 is 0. The Labute approximate surface area is 133 Å². The molecule has 5 nitrogen and oxygen atoms in total. The van der Waals surface area contributed by atoms with Gasteiger partial charge in [0, 0.05) is 10.9 Å². The summed E-state index contributed by atoms with van der Waals surface area (Å²) in [4.78, 5) is 0. The smallest absolute Gasteiger partial charge is 0.161 e. The molecule has 3 rings (SSSR count). The Morgan fingerprint density at radius 2 is 1.43 bits per heavy atom. The average molecular weight is 312 g/mol. The summed E-state index contributed by atoms with van der Waals surface area (Å²) < 4.78 is 10.5. The van der Waals surface area contributed by atoms with Crippen molar-refractivity contribution in [3.63, 3.8) is 0 Å². The van der Waals surface area contributed by atoms with E-state index in [2.05, 4.69) is 0 Å². The first-order chi connectivity index (χ1) is 11.0. The van der Waals surface area contributed by atoms with Crippen molar-refractivity contribution in [1.29, 1.82) is 0 Å². The number of hydrogen-bond donors (Lipinski definition) is 3. The molecule has 0 saturated carbocycles. The molecule has 0 bridgehead atoms. The van der Waals surface area contributed by atoms with Gasteiger partial charge in [0.2, 0.25) is 0 Å². The van der Waals surface area contributed by atoms with E-state index in [0.717, 1.165) is 5.56 Å². The number of methoxy groups -OCH3 is 2. The molecule has 0 heterocycles. The van der Waals surface area contributed by atoms with Crippen LogP contribution in [0.1, 0.15) is 0 Å². The molecule has 0 fully saturated rings. The fourth-order valence-corrected chi connectivity index (χ4v) is 2.57. The van der Waals surface area contributed by atoms with Gasteiger partial charge in [-0.3, -0.25) is 0 Å². The van der Waals surface area contributed by atoms with Crippen molar-refractivity contribution in [2.45, 2.75) is 0 Å². The highest BCUT2D eigenvalue weighted by Gasteiger charge is 2.13. The molecular formula is C18H16O5. The number of ether oxygens (including phenoxy) is 2. The Morgan fingerprint density at radius 1 is 0.739 bits per heavy atom. The van der Waals surface area contributed by atoms with Crippen LogP contribution in [-0.2, 0) is 0 Å². The standard InChI is InChI=1S/C18H16O5/c1-22-16-6-4-11(8-17(16)23-2)12-5-3-10-7-14(19)15(20)9-13(10)18(12)21/h3-9,19-21H,1-2H3. The van der Waals surface area contributed by atoms with Gasteiger partial charge in [0.05, 0.1) is 14.2 Å². The number of benzene rings is 3. The van der Waals surface area contributed by atoms with Crippen molar-refractivity contribution in [2.24, 2.45) is 0 Å². The zero-order chi connectivity index (χ0) is 16.6. The maximum absolute atomic E-state index is 10.5. The number of aromatic hydroxyl groups is 3. The molecule has 0 saturated heterocycles. The van der Waals surface area contributed by atoms with Crippen LogP contribution in [0.4, 0.5) is 0 Å². The molecule has 0 atom stereocenters. The van der Waals surface area contributed by atoms with Gasteiger partial charge in [0.25, 0.3) is 0 Å². The lowest BCUT2D eigenvalue weighted by Gasteiger charge is -2.12. The molecule has 0 spiro atoms. The first-order valence-electron chi connectivity index (χ1n) is 6.95. The highest BCUT2D eigenvalue weighted by atomic mass is 16.5. The lowest BCUT2D eigenvalue weighted by atomic mass is 9.99. The number of hydrogen-bond acceptors (Lipinski definition) is 5. The Morgan fingerprint density at radius 3 is 2.13 bits per heavy atom. The molecule has 5 heteroatoms. The van der Waals surface area contributed by atoms with E-state index in [1.807, 2.05) is 6.07 Å². The summed E-state index contributed by atoms with van der Waals surface area (Å²) in [5.74, 6) is 0.662. The molecule has 0 aliphatic heterocycles. The third-order valence-corrected chi connectivity index (χ3v) is 3.78. The molecule has 3 aromatic carbocycles. The third kappa shape index (κ3) is 2.46. The van der Waals surface area contributed by atoms with Crippen LogP contribution in [0.3, 0.4) is 0 Å². The molecular weight excluding hydrogens is 296 g/mol. The van der Waals surface area contributed by atoms with Crippen LogP contribution in [0, 0.1) is 0 Å². The van der Waals surface area contributed by atoms with Gasteiger partial charge < -0.3 is 24.8 Å². The molecule has 0 radical (unpaired) electrons. The van der Waals surface area contributed by atoms with Crippen molar-refractivity contribution in [2.75, 3.05) is 14.2 Å². The molecule has 118 valence electrons. The summed E-state index contributed by atoms with van der Waals surface area (Å²) in [6.45, 7) is 0. The third-order valence-electron chi connectivity index (χ3n) is 3.78. The van der Waals surface area contributed by atoms with E-state index in [9.17, 15) is 15.3 Å². The average Bonchev–Trinajstić information content (AvgIpc) is 2.56. The van der Waals surface area contributed by atoms with Gasteiger partial charge in [0.1, 0.15) is 5.75 Å². The van der Waals surface area contributed by atoms with Gasteiger partial charge in [-0.2, -0.15) is 0 Å². The van der Waals surface area contributed by atoms with Crippen LogP contribution in [0.25, 0.3) is 21.9 Å². The summed E-state index contributed by atoms with van der Waals surface area (Å²) in [5, 5.41) is 30.8. The second kappa shape index (κ2) is 5.61. The lowest BCUT2D eigenvalue weighted by molar-refractivity contribution is 0.355. The predicted molar refractivity (Wildman–Crippen MR) is 87.5 cm³/mol. The molecule has 0 aliphatic carbocycles. The Bertz CT molecular complexity index is 886. The van der Waals surface area contributed by atoms with Crippen LogP contribution in [-0.4, -0.2) is 29.5 Å². The van der Waals surface area contributed by atoms with Crippen LogP contribution in [0.15, 0.2) is 42.5 Å². The first kappa shape index (κ1) is 14.8. The normalized spacial score (nSPS) is 10.7. The highest BCUT2D eigenvalue weighted by molar-refractivity contribution is 5.96. The van der Waals surface area contributed by atoms with Crippen molar-refractivity contribution >= 4 is 10.8 Å². The maximum atomic E-state index is 10.5. The predicted octanol–water partition coefficient (Wildman–Crippen LogP) is 3.64. The van der Waals surface area contributed by atoms with Gasteiger partial charge in [-0.25, -0.2) is 0 Å². The second-order valence-electron chi connectivity index (χ2n) is 5.09. The summed E-state index contributed by atoms with van der Waals surface area (Å²) in [5.41, 5.74) is 1.33. The molecule has 0 aromatic heterocycles. The van der Waals surface area contributed by atoms with Gasteiger partial charge in [-0.15, -0.1) is 0 Å². The quantitative estimate of drug-likeness (QED) is 0.643. The van der Waals surface area contributed by atoms with E-state index in [-0.39, 0.29) is 17.2 Å². The minimum absolute atomic E-state index is 0.0185. The van der Waals surface area contributed by atoms with E-state index < -0.39 is 0 Å². The molecule has 0 unspecified atom stereocenters. The van der Waals surface area contributed by atoms with Gasteiger partial charge >= 0.3 is 0 Å². The largest absolute Gasteiger partial charge is 0.507 e. The van der Waals surface area contributed by atoms with E-state index >= 15 is 0 Å². The topological polar surface area (TPSA) is 79.2 Å². The van der Waals surface area contributed by atoms with Gasteiger partial charge in [-0.05, 0) is 35.2 Å². The Kier molecular flexibility index (Phi) is 3.62. The molecule has 0 aliphatic rings. The van der Waals surface area contributed by atoms with Crippen LogP contribution in [0.5, 0.6) is 28.7 Å². The fourth-order valence-electron chi connectivity index (χ4n) is 2.57. The zero-order valence-corrected chi connectivity index (χ0v) is 12.7. The maximum Gasteiger partial charge on any atom is 0.161 e. The van der Waals surface area contributed by atoms with E-state index in [1.165, 1.54) is 12.1 Å². The van der Waals surface area contributed by atoms with E-state index in [4.69, 9.17) is 9.47 Å². The van der Waals surface area contributed by atoms with Crippen LogP contribution in [0.2, 0.25) is 0 Å². The lowest BCUT2D eigenvalue weighted by Crippen LogP contribution is -1.91. The zero-order valence-electron chi connectivity index (χ0n) is 12.7. The highest BCUT2D eigenvalue weighted by Crippen LogP contribution is 2.42. The first-order valence-corrected chi connectivity index (χ1v) is 6.95. The molecule has 3 aromatic rings. The molecule has 0 amide bonds. The number of rotatable bonds is 3. The van der Waals surface area contributed by atoms with Crippen molar-refractivity contribution < 1.29 is 24.8 Å². The summed E-state index contributed by atoms with van der Waals surface area (Å²) in [7, 11) is 3.10. The van der Waals surface area contributed by atoms with E-state index in [1.54, 1.807) is 38.5 Å². The minimum Gasteiger partial charge on any atom is -0.507 e. The van der Waals surface area contributed by atoms with Crippen molar-refractivity contribution in [3.8, 4) is 39.9 Å².